The Morgan fingerprint density at radius 1 is 0.885 bits per heavy atom. The van der Waals surface area contributed by atoms with E-state index in [9.17, 15) is 14.9 Å². The molecule has 2 aromatic rings. The molecule has 6 heteroatoms. The first kappa shape index (κ1) is 15.9. The van der Waals surface area contributed by atoms with Crippen molar-refractivity contribution in [2.45, 2.75) is 17.1 Å². The highest BCUT2D eigenvalue weighted by molar-refractivity contribution is 5.99. The zero-order valence-electron chi connectivity index (χ0n) is 13.6. The van der Waals surface area contributed by atoms with Gasteiger partial charge in [0.05, 0.1) is 6.07 Å². The molecule has 2 N–H and O–H groups in total. The molecule has 2 aliphatic heterocycles. The summed E-state index contributed by atoms with van der Waals surface area (Å²) in [6.07, 6.45) is 0. The summed E-state index contributed by atoms with van der Waals surface area (Å²) < 4.78 is 0. The Morgan fingerprint density at radius 2 is 1.38 bits per heavy atom. The van der Waals surface area contributed by atoms with Gasteiger partial charge >= 0.3 is 11.9 Å². The number of nitrogens with one attached hydrogen (secondary N) is 2. The summed E-state index contributed by atoms with van der Waals surface area (Å²) in [4.78, 5) is 29.1. The van der Waals surface area contributed by atoms with Gasteiger partial charge in [0.2, 0.25) is 5.91 Å². The largest absolute Gasteiger partial charge is 0.335 e. The first-order chi connectivity index (χ1) is 12.6. The van der Waals surface area contributed by atoms with Crippen molar-refractivity contribution >= 4 is 11.8 Å². The number of amides is 2. The maximum absolute atomic E-state index is 12.8. The Kier molecular flexibility index (Phi) is 3.32. The van der Waals surface area contributed by atoms with Gasteiger partial charge in [0.15, 0.2) is 11.5 Å². The van der Waals surface area contributed by atoms with Gasteiger partial charge in [0, 0.05) is 0 Å². The highest BCUT2D eigenvalue weighted by atomic mass is 16.2. The van der Waals surface area contributed by atoms with Gasteiger partial charge in [-0.05, 0) is 11.1 Å². The van der Waals surface area contributed by atoms with E-state index in [4.69, 9.17) is 6.57 Å². The second kappa shape index (κ2) is 5.44. The van der Waals surface area contributed by atoms with E-state index in [2.05, 4.69) is 21.5 Å². The van der Waals surface area contributed by atoms with Crippen LogP contribution in [0.25, 0.3) is 4.85 Å². The van der Waals surface area contributed by atoms with Crippen LogP contribution in [-0.2, 0) is 20.7 Å². The molecule has 2 aliphatic rings. The van der Waals surface area contributed by atoms with E-state index >= 15 is 0 Å². The highest BCUT2D eigenvalue weighted by Crippen LogP contribution is 2.56. The van der Waals surface area contributed by atoms with Crippen molar-refractivity contribution in [3.63, 3.8) is 0 Å². The molecule has 0 aliphatic carbocycles. The minimum absolute atomic E-state index is 0.492. The Labute approximate surface area is 150 Å². The topological polar surface area (TPSA) is 86.3 Å². The van der Waals surface area contributed by atoms with Crippen LogP contribution in [0.2, 0.25) is 0 Å². The van der Waals surface area contributed by atoms with Gasteiger partial charge in [0.1, 0.15) is 5.54 Å². The average Bonchev–Trinajstić information content (AvgIpc) is 3.07. The predicted octanol–water partition coefficient (Wildman–Crippen LogP) is 1.46. The lowest BCUT2D eigenvalue weighted by molar-refractivity contribution is -0.124. The minimum atomic E-state index is -1.36. The summed E-state index contributed by atoms with van der Waals surface area (Å²) in [6, 6.07) is 18.8. The molecule has 2 unspecified atom stereocenters. The van der Waals surface area contributed by atoms with E-state index in [0.29, 0.717) is 11.1 Å². The number of nitriles is 1. The Balaban J connectivity index is 2.12. The van der Waals surface area contributed by atoms with Crippen molar-refractivity contribution in [1.29, 1.82) is 5.26 Å². The molecule has 126 valence electrons. The third kappa shape index (κ3) is 1.68. The highest BCUT2D eigenvalue weighted by Gasteiger charge is 2.78. The third-order valence-electron chi connectivity index (χ3n) is 5.33. The Morgan fingerprint density at radius 3 is 1.88 bits per heavy atom. The number of carbonyl (C=O) groups excluding carboxylic acids is 2. The standard InChI is InChI=1S/C20H14N4O2/c1-22-16-18(26)24-19(13-8-4-2-5-9-13)15(12-21)17(25)23-20(16,19)14-10-6-3-7-11-14/h2-11,15-16H,(H,23,25)(H,24,26)/t15?,16?,19-,20-/m0/s1. The summed E-state index contributed by atoms with van der Waals surface area (Å²) >= 11 is 0. The number of benzene rings is 2. The quantitative estimate of drug-likeness (QED) is 0.810. The zero-order valence-corrected chi connectivity index (χ0v) is 13.6. The van der Waals surface area contributed by atoms with Crippen LogP contribution in [0.1, 0.15) is 11.1 Å². The summed E-state index contributed by atoms with van der Waals surface area (Å²) in [5.41, 5.74) is -1.47. The molecular weight excluding hydrogens is 328 g/mol. The fourth-order valence-corrected chi connectivity index (χ4v) is 4.34. The van der Waals surface area contributed by atoms with E-state index in [-0.39, 0.29) is 0 Å². The van der Waals surface area contributed by atoms with Gasteiger partial charge in [0.25, 0.3) is 0 Å². The number of hydrogen-bond donors (Lipinski definition) is 2. The maximum atomic E-state index is 12.8. The molecule has 0 saturated carbocycles. The van der Waals surface area contributed by atoms with E-state index in [0.717, 1.165) is 0 Å². The van der Waals surface area contributed by atoms with E-state index in [1.54, 1.807) is 48.5 Å². The van der Waals surface area contributed by atoms with Crippen LogP contribution in [0.4, 0.5) is 0 Å². The zero-order chi connectivity index (χ0) is 18.4. The fourth-order valence-electron chi connectivity index (χ4n) is 4.34. The van der Waals surface area contributed by atoms with Crippen molar-refractivity contribution < 1.29 is 9.59 Å². The van der Waals surface area contributed by atoms with Gasteiger partial charge < -0.3 is 10.6 Å². The summed E-state index contributed by atoms with van der Waals surface area (Å²) in [5, 5.41) is 15.5. The fraction of sp³-hybridized carbons (Fsp3) is 0.200. The van der Waals surface area contributed by atoms with E-state index in [1.807, 2.05) is 12.1 Å². The lowest BCUT2D eigenvalue weighted by Gasteiger charge is -2.39. The smallest absolute Gasteiger partial charge is 0.329 e. The predicted molar refractivity (Wildman–Crippen MR) is 92.0 cm³/mol. The minimum Gasteiger partial charge on any atom is -0.335 e. The number of rotatable bonds is 2. The number of fused-ring (bicyclic) bond motifs is 1. The Bertz CT molecular complexity index is 895. The molecule has 6 nitrogen and oxygen atoms in total. The normalized spacial score (nSPS) is 32.1. The molecule has 0 bridgehead atoms. The average molecular weight is 342 g/mol. The third-order valence-corrected chi connectivity index (χ3v) is 5.33. The first-order valence-electron chi connectivity index (χ1n) is 8.13. The second-order valence-corrected chi connectivity index (χ2v) is 6.42. The summed E-state index contributed by atoms with van der Waals surface area (Å²) in [7, 11) is 0. The number of nitrogens with zero attached hydrogens (tertiary/aromatic N) is 2. The van der Waals surface area contributed by atoms with Gasteiger partial charge in [-0.25, -0.2) is 6.57 Å². The van der Waals surface area contributed by atoms with Crippen molar-refractivity contribution in [3.05, 3.63) is 83.2 Å². The van der Waals surface area contributed by atoms with Crippen LogP contribution in [0.15, 0.2) is 60.7 Å². The molecule has 2 fully saturated rings. The molecular formula is C20H14N4O2. The van der Waals surface area contributed by atoms with E-state index in [1.165, 1.54) is 0 Å². The SMILES string of the molecule is [C-]#[N+]C1C(=O)N[C@@]2(c3ccccc3)C(C#N)C(=O)N[C@@]12c1ccccc1. The van der Waals surface area contributed by atoms with Gasteiger partial charge in [-0.1, -0.05) is 60.7 Å². The van der Waals surface area contributed by atoms with Crippen molar-refractivity contribution in [1.82, 2.24) is 10.6 Å². The molecule has 2 aromatic carbocycles. The number of carbonyl (C=O) groups is 2. The molecule has 0 aromatic heterocycles. The molecule has 2 heterocycles. The van der Waals surface area contributed by atoms with Crippen LogP contribution in [0.3, 0.4) is 0 Å². The Hall–Kier alpha value is -3.64. The van der Waals surface area contributed by atoms with Crippen LogP contribution < -0.4 is 10.6 Å². The van der Waals surface area contributed by atoms with Gasteiger partial charge in [-0.3, -0.25) is 14.4 Å². The number of hydrogen-bond acceptors (Lipinski definition) is 3. The lowest BCUT2D eigenvalue weighted by Crippen LogP contribution is -2.58. The van der Waals surface area contributed by atoms with Crippen LogP contribution in [-0.4, -0.2) is 17.9 Å². The van der Waals surface area contributed by atoms with Crippen LogP contribution >= 0.6 is 0 Å². The van der Waals surface area contributed by atoms with Crippen molar-refractivity contribution in [2.75, 3.05) is 0 Å². The van der Waals surface area contributed by atoms with Crippen molar-refractivity contribution in [3.8, 4) is 6.07 Å². The maximum Gasteiger partial charge on any atom is 0.329 e. The van der Waals surface area contributed by atoms with Crippen molar-refractivity contribution in [2.24, 2.45) is 5.92 Å². The lowest BCUT2D eigenvalue weighted by atomic mass is 9.65. The molecule has 4 rings (SSSR count). The monoisotopic (exact) mass is 342 g/mol. The first-order valence-corrected chi connectivity index (χ1v) is 8.13. The molecule has 0 radical (unpaired) electrons. The van der Waals surface area contributed by atoms with Crippen LogP contribution in [0, 0.1) is 23.8 Å². The molecule has 2 amide bonds. The van der Waals surface area contributed by atoms with Gasteiger partial charge in [-0.2, -0.15) is 5.26 Å². The second-order valence-electron chi connectivity index (χ2n) is 6.42. The van der Waals surface area contributed by atoms with Gasteiger partial charge in [-0.15, -0.1) is 0 Å². The van der Waals surface area contributed by atoms with E-state index < -0.39 is 34.9 Å². The molecule has 2 saturated heterocycles. The van der Waals surface area contributed by atoms with Crippen LogP contribution in [0.5, 0.6) is 0 Å². The molecule has 4 atom stereocenters. The molecule has 26 heavy (non-hydrogen) atoms. The summed E-state index contributed by atoms with van der Waals surface area (Å²) in [5.74, 6) is -2.14. The molecule has 0 spiro atoms. The summed E-state index contributed by atoms with van der Waals surface area (Å²) in [6.45, 7) is 7.62.